The van der Waals surface area contributed by atoms with Crippen molar-refractivity contribution in [3.8, 4) is 0 Å². The second kappa shape index (κ2) is 5.68. The van der Waals surface area contributed by atoms with Gasteiger partial charge in [-0.25, -0.2) is 4.98 Å². The summed E-state index contributed by atoms with van der Waals surface area (Å²) in [6, 6.07) is 10.1. The van der Waals surface area contributed by atoms with Gasteiger partial charge < -0.3 is 9.80 Å². The van der Waals surface area contributed by atoms with Crippen molar-refractivity contribution in [2.75, 3.05) is 26.7 Å². The van der Waals surface area contributed by atoms with E-state index in [1.165, 1.54) is 11.0 Å². The first-order valence-corrected chi connectivity index (χ1v) is 8.47. The molecule has 0 N–H and O–H groups in total. The van der Waals surface area contributed by atoms with Gasteiger partial charge in [-0.1, -0.05) is 30.3 Å². The monoisotopic (exact) mass is 339 g/mol. The van der Waals surface area contributed by atoms with E-state index in [9.17, 15) is 9.59 Å². The van der Waals surface area contributed by atoms with Crippen LogP contribution in [0.2, 0.25) is 0 Å². The molecule has 0 bridgehead atoms. The van der Waals surface area contributed by atoms with Gasteiger partial charge in [-0.2, -0.15) is 0 Å². The Morgan fingerprint density at radius 2 is 2.00 bits per heavy atom. The molecule has 130 valence electrons. The number of likely N-dealkylation sites (N-methyl/N-ethyl adjacent to an activating group) is 1. The molecule has 2 aliphatic rings. The standard InChI is InChI=1S/C18H21N5O2/c1-21-10-14(13-6-4-3-5-7-13)18(17(21)25)8-9-23(11-18)16(24)15-19-12-22(2)20-15/h3-7,12,14H,8-11H2,1-2H3. The number of carbonyl (C=O) groups excluding carboxylic acids is 2. The summed E-state index contributed by atoms with van der Waals surface area (Å²) in [6.07, 6.45) is 2.19. The Labute approximate surface area is 146 Å². The third-order valence-corrected chi connectivity index (χ3v) is 5.48. The molecule has 1 spiro atoms. The molecular weight excluding hydrogens is 318 g/mol. The maximum Gasteiger partial charge on any atom is 0.293 e. The van der Waals surface area contributed by atoms with Gasteiger partial charge in [0.15, 0.2) is 0 Å². The van der Waals surface area contributed by atoms with Gasteiger partial charge in [-0.15, -0.1) is 5.10 Å². The summed E-state index contributed by atoms with van der Waals surface area (Å²) in [4.78, 5) is 33.2. The van der Waals surface area contributed by atoms with Crippen LogP contribution in [0.3, 0.4) is 0 Å². The third-order valence-electron chi connectivity index (χ3n) is 5.48. The van der Waals surface area contributed by atoms with Crippen LogP contribution >= 0.6 is 0 Å². The van der Waals surface area contributed by atoms with Gasteiger partial charge in [0.05, 0.1) is 5.41 Å². The topological polar surface area (TPSA) is 71.3 Å². The maximum atomic E-state index is 13.0. The molecule has 2 atom stereocenters. The zero-order valence-electron chi connectivity index (χ0n) is 14.4. The van der Waals surface area contributed by atoms with Gasteiger partial charge >= 0.3 is 0 Å². The second-order valence-electron chi connectivity index (χ2n) is 7.02. The minimum absolute atomic E-state index is 0.0979. The minimum Gasteiger partial charge on any atom is -0.345 e. The molecule has 4 rings (SSSR count). The third kappa shape index (κ3) is 2.42. The quantitative estimate of drug-likeness (QED) is 0.815. The van der Waals surface area contributed by atoms with E-state index in [1.54, 1.807) is 16.8 Å². The summed E-state index contributed by atoms with van der Waals surface area (Å²) in [7, 11) is 3.58. The molecule has 2 amide bonds. The highest BCUT2D eigenvalue weighted by molar-refractivity contribution is 5.93. The van der Waals surface area contributed by atoms with Crippen LogP contribution in [0, 0.1) is 5.41 Å². The first kappa shape index (κ1) is 15.8. The van der Waals surface area contributed by atoms with E-state index in [-0.39, 0.29) is 23.6 Å². The molecule has 2 aromatic rings. The molecule has 2 unspecified atom stereocenters. The number of likely N-dealkylation sites (tertiary alicyclic amines) is 2. The lowest BCUT2D eigenvalue weighted by atomic mass is 9.73. The zero-order chi connectivity index (χ0) is 17.6. The average molecular weight is 339 g/mol. The van der Waals surface area contributed by atoms with Gasteiger partial charge in [0.25, 0.3) is 5.91 Å². The molecule has 2 aliphatic heterocycles. The fraction of sp³-hybridized carbons (Fsp3) is 0.444. The van der Waals surface area contributed by atoms with E-state index < -0.39 is 5.41 Å². The highest BCUT2D eigenvalue weighted by Gasteiger charge is 2.57. The Bertz CT molecular complexity index is 818. The van der Waals surface area contributed by atoms with Gasteiger partial charge in [-0.05, 0) is 12.0 Å². The minimum atomic E-state index is -0.541. The Hall–Kier alpha value is -2.70. The van der Waals surface area contributed by atoms with Crippen molar-refractivity contribution < 1.29 is 9.59 Å². The molecule has 7 nitrogen and oxygen atoms in total. The number of carbonyl (C=O) groups is 2. The van der Waals surface area contributed by atoms with E-state index in [1.807, 2.05) is 25.2 Å². The highest BCUT2D eigenvalue weighted by Crippen LogP contribution is 2.49. The molecule has 0 saturated carbocycles. The number of aromatic nitrogens is 3. The first-order chi connectivity index (χ1) is 12.0. The van der Waals surface area contributed by atoms with Gasteiger partial charge in [-0.3, -0.25) is 14.3 Å². The predicted molar refractivity (Wildman–Crippen MR) is 90.8 cm³/mol. The number of hydrogen-bond donors (Lipinski definition) is 0. The van der Waals surface area contributed by atoms with E-state index in [2.05, 4.69) is 22.2 Å². The van der Waals surface area contributed by atoms with Crippen molar-refractivity contribution >= 4 is 11.8 Å². The van der Waals surface area contributed by atoms with Crippen LogP contribution in [0.25, 0.3) is 0 Å². The van der Waals surface area contributed by atoms with Crippen LogP contribution in [0.1, 0.15) is 28.5 Å². The molecule has 0 radical (unpaired) electrons. The van der Waals surface area contributed by atoms with Crippen molar-refractivity contribution in [2.24, 2.45) is 12.5 Å². The van der Waals surface area contributed by atoms with Crippen molar-refractivity contribution in [1.29, 1.82) is 0 Å². The number of nitrogens with zero attached hydrogens (tertiary/aromatic N) is 5. The number of amides is 2. The Morgan fingerprint density at radius 1 is 1.24 bits per heavy atom. The molecule has 2 fully saturated rings. The van der Waals surface area contributed by atoms with Crippen molar-refractivity contribution in [2.45, 2.75) is 12.3 Å². The summed E-state index contributed by atoms with van der Waals surface area (Å²) < 4.78 is 1.51. The Morgan fingerprint density at radius 3 is 2.68 bits per heavy atom. The van der Waals surface area contributed by atoms with Gasteiger partial charge in [0.2, 0.25) is 11.7 Å². The SMILES string of the molecule is CN1CC(c2ccccc2)C2(CCN(C(=O)c3ncn(C)n3)C2)C1=O. The summed E-state index contributed by atoms with van der Waals surface area (Å²) >= 11 is 0. The Balaban J connectivity index is 1.64. The first-order valence-electron chi connectivity index (χ1n) is 8.47. The summed E-state index contributed by atoms with van der Waals surface area (Å²) in [6.45, 7) is 1.67. The largest absolute Gasteiger partial charge is 0.345 e. The molecule has 3 heterocycles. The van der Waals surface area contributed by atoms with Gasteiger partial charge in [0, 0.05) is 39.6 Å². The summed E-state index contributed by atoms with van der Waals surface area (Å²) in [5, 5.41) is 4.10. The van der Waals surface area contributed by atoms with Crippen LogP contribution in [-0.2, 0) is 11.8 Å². The van der Waals surface area contributed by atoms with E-state index in [0.29, 0.717) is 26.1 Å². The second-order valence-corrected chi connectivity index (χ2v) is 7.02. The number of aryl methyl sites for hydroxylation is 1. The smallest absolute Gasteiger partial charge is 0.293 e. The average Bonchev–Trinajstić information content (AvgIpc) is 3.31. The Kier molecular flexibility index (Phi) is 3.59. The molecule has 2 saturated heterocycles. The zero-order valence-corrected chi connectivity index (χ0v) is 14.4. The molecule has 1 aromatic heterocycles. The van der Waals surface area contributed by atoms with E-state index >= 15 is 0 Å². The summed E-state index contributed by atoms with van der Waals surface area (Å²) in [5.74, 6) is 0.215. The highest BCUT2D eigenvalue weighted by atomic mass is 16.2. The number of rotatable bonds is 2. The molecule has 25 heavy (non-hydrogen) atoms. The van der Waals surface area contributed by atoms with Crippen molar-refractivity contribution in [3.63, 3.8) is 0 Å². The maximum absolute atomic E-state index is 13.0. The van der Waals surface area contributed by atoms with E-state index in [0.717, 1.165) is 5.56 Å². The van der Waals surface area contributed by atoms with Crippen LogP contribution in [0.15, 0.2) is 36.7 Å². The number of benzene rings is 1. The van der Waals surface area contributed by atoms with Crippen molar-refractivity contribution in [3.05, 3.63) is 48.0 Å². The lowest BCUT2D eigenvalue weighted by Crippen LogP contribution is -2.39. The molecule has 0 aliphatic carbocycles. The van der Waals surface area contributed by atoms with Crippen LogP contribution in [0.4, 0.5) is 0 Å². The summed E-state index contributed by atoms with van der Waals surface area (Å²) in [5.41, 5.74) is 0.617. The van der Waals surface area contributed by atoms with E-state index in [4.69, 9.17) is 0 Å². The van der Waals surface area contributed by atoms with Crippen LogP contribution in [-0.4, -0.2) is 63.1 Å². The lowest BCUT2D eigenvalue weighted by molar-refractivity contribution is -0.134. The molecule has 7 heteroatoms. The molecular formula is C18H21N5O2. The predicted octanol–water partition coefficient (Wildman–Crippen LogP) is 0.903. The lowest BCUT2D eigenvalue weighted by Gasteiger charge is -2.28. The fourth-order valence-electron chi connectivity index (χ4n) is 4.21. The molecule has 1 aromatic carbocycles. The normalized spacial score (nSPS) is 26.0. The van der Waals surface area contributed by atoms with Crippen LogP contribution in [0.5, 0.6) is 0 Å². The van der Waals surface area contributed by atoms with Crippen molar-refractivity contribution in [1.82, 2.24) is 24.6 Å². The fourth-order valence-corrected chi connectivity index (χ4v) is 4.21. The number of hydrogen-bond acceptors (Lipinski definition) is 4. The van der Waals surface area contributed by atoms with Gasteiger partial charge in [0.1, 0.15) is 6.33 Å². The van der Waals surface area contributed by atoms with Crippen LogP contribution < -0.4 is 0 Å².